The molecule has 3 N–H and O–H groups in total. The highest BCUT2D eigenvalue weighted by Gasteiger charge is 2.27. The Hall–Kier alpha value is -4.07. The monoisotopic (exact) mass is 768 g/mol. The summed E-state index contributed by atoms with van der Waals surface area (Å²) >= 11 is 2.76. The number of nitrogens with one attached hydrogen (secondary N) is 3. The van der Waals surface area contributed by atoms with Gasteiger partial charge < -0.3 is 13.1 Å². The highest BCUT2D eigenvalue weighted by molar-refractivity contribution is 7.82. The van der Waals surface area contributed by atoms with E-state index < -0.39 is 22.5 Å². The molecule has 0 amide bonds. The maximum Gasteiger partial charge on any atom is 0.316 e. The second kappa shape index (κ2) is 17.2. The normalized spacial score (nSPS) is 12.9. The molecule has 2 heterocycles. The van der Waals surface area contributed by atoms with Crippen LogP contribution in [0.15, 0.2) is 48.5 Å². The van der Waals surface area contributed by atoms with Crippen LogP contribution in [0.5, 0.6) is 17.2 Å². The number of hydrogen-bond acceptors (Lipinski definition) is 7. The quantitative estimate of drug-likeness (QED) is 0.0803. The van der Waals surface area contributed by atoms with E-state index in [4.69, 9.17) is 24.7 Å². The Morgan fingerprint density at radius 3 is 2.33 bits per heavy atom. The second-order valence-electron chi connectivity index (χ2n) is 14.1. The third-order valence-electron chi connectivity index (χ3n) is 8.66. The summed E-state index contributed by atoms with van der Waals surface area (Å²) in [6.45, 7) is 16.8. The molecule has 5 rings (SSSR count). The maximum atomic E-state index is 13.4. The zero-order valence-corrected chi connectivity index (χ0v) is 33.5. The van der Waals surface area contributed by atoms with Gasteiger partial charge in [-0.3, -0.25) is 14.5 Å². The number of aromatic amines is 1. The highest BCUT2D eigenvalue weighted by atomic mass is 35.5. The molecule has 0 fully saturated rings. The number of nitrogens with zero attached hydrogens (tertiary/aromatic N) is 3. The molecule has 0 bridgehead atoms. The van der Waals surface area contributed by atoms with Crippen molar-refractivity contribution in [2.75, 3.05) is 16.1 Å². The summed E-state index contributed by atoms with van der Waals surface area (Å²) in [7, 11) is 0. The zero-order valence-electron chi connectivity index (χ0n) is 31.1. The molecule has 0 saturated heterocycles. The standard InChI is InChI=1S/C38H49ClN6O5S2/c1-9-10-11-12-13-14-20-48-30-19-18-24(2)21-31(30)50-51(46)43-28-16-15-17-29(23-28)49-52(47)44-34-26(4)22-25(3)32(27(34)5)36-40-41-37-33(39)35(38(6,7)8)42-45(36)37/h15-19,21-23,42-44H,9-14,20H2,1-8H3. The van der Waals surface area contributed by atoms with Gasteiger partial charge in [-0.25, -0.2) is 4.52 Å². The Balaban J connectivity index is 1.25. The summed E-state index contributed by atoms with van der Waals surface area (Å²) in [6, 6.07) is 14.3. The predicted octanol–water partition coefficient (Wildman–Crippen LogP) is 9.79. The van der Waals surface area contributed by atoms with Crippen LogP contribution in [0.1, 0.15) is 94.2 Å². The van der Waals surface area contributed by atoms with Crippen LogP contribution >= 0.6 is 11.6 Å². The molecule has 5 aromatic rings. The van der Waals surface area contributed by atoms with Crippen molar-refractivity contribution < 1.29 is 21.5 Å². The summed E-state index contributed by atoms with van der Waals surface area (Å²) < 4.78 is 51.6. The van der Waals surface area contributed by atoms with Crippen molar-refractivity contribution in [1.29, 1.82) is 0 Å². The Morgan fingerprint density at radius 2 is 1.58 bits per heavy atom. The van der Waals surface area contributed by atoms with E-state index in [2.05, 4.69) is 52.4 Å². The molecule has 0 spiro atoms. The van der Waals surface area contributed by atoms with Crippen molar-refractivity contribution in [2.24, 2.45) is 0 Å². The second-order valence-corrected chi connectivity index (χ2v) is 16.1. The number of aryl methyl sites for hydroxylation is 3. The number of H-pyrrole nitrogens is 1. The molecule has 0 aliphatic rings. The summed E-state index contributed by atoms with van der Waals surface area (Å²) in [5.74, 6) is 1.81. The summed E-state index contributed by atoms with van der Waals surface area (Å²) in [5.41, 5.74) is 6.72. The van der Waals surface area contributed by atoms with Gasteiger partial charge in [0, 0.05) is 17.0 Å². The van der Waals surface area contributed by atoms with Crippen LogP contribution in [0.4, 0.5) is 11.4 Å². The lowest BCUT2D eigenvalue weighted by Crippen LogP contribution is -2.15. The van der Waals surface area contributed by atoms with E-state index >= 15 is 0 Å². The van der Waals surface area contributed by atoms with Crippen molar-refractivity contribution in [3.8, 4) is 28.6 Å². The van der Waals surface area contributed by atoms with E-state index in [1.165, 1.54) is 25.7 Å². The minimum atomic E-state index is -1.98. The van der Waals surface area contributed by atoms with E-state index in [1.54, 1.807) is 34.8 Å². The Morgan fingerprint density at radius 1 is 0.846 bits per heavy atom. The van der Waals surface area contributed by atoms with Gasteiger partial charge in [0.2, 0.25) is 0 Å². The minimum Gasteiger partial charge on any atom is -0.490 e. The summed E-state index contributed by atoms with van der Waals surface area (Å²) in [5, 5.41) is 12.7. The van der Waals surface area contributed by atoms with Crippen LogP contribution in [-0.2, 0) is 27.9 Å². The number of fused-ring (bicyclic) bond motifs is 1. The summed E-state index contributed by atoms with van der Waals surface area (Å²) in [4.78, 5) is 0. The molecule has 2 unspecified atom stereocenters. The number of unbranched alkanes of at least 4 members (excludes halogenated alkanes) is 5. The van der Waals surface area contributed by atoms with Gasteiger partial charge in [0.15, 0.2) is 23.0 Å². The molecule has 2 atom stereocenters. The van der Waals surface area contributed by atoms with Crippen molar-refractivity contribution >= 4 is 51.2 Å². The number of halogens is 1. The first kappa shape index (κ1) is 39.1. The average molecular weight is 769 g/mol. The molecule has 0 saturated carbocycles. The molecular formula is C38H49ClN6O5S2. The molecule has 0 aliphatic carbocycles. The van der Waals surface area contributed by atoms with Crippen LogP contribution in [-0.4, -0.2) is 34.8 Å². The SMILES string of the molecule is CCCCCCCCOc1ccc(C)cc1OS(=O)Nc1cccc(OS(=O)Nc2c(C)cc(C)c(-c3nnc4c(Cl)c(C(C)(C)C)[nH]n34)c2C)c1. The van der Waals surface area contributed by atoms with E-state index in [-0.39, 0.29) is 5.41 Å². The van der Waals surface area contributed by atoms with E-state index in [1.807, 2.05) is 45.9 Å². The molecule has 11 nitrogen and oxygen atoms in total. The van der Waals surface area contributed by atoms with Gasteiger partial charge >= 0.3 is 22.5 Å². The lowest BCUT2D eigenvalue weighted by atomic mass is 9.92. The molecule has 0 radical (unpaired) electrons. The first-order chi connectivity index (χ1) is 24.8. The smallest absolute Gasteiger partial charge is 0.316 e. The number of benzene rings is 3. The molecule has 280 valence electrons. The van der Waals surface area contributed by atoms with Crippen LogP contribution in [0.25, 0.3) is 17.0 Å². The van der Waals surface area contributed by atoms with Gasteiger partial charge in [-0.2, -0.15) is 8.42 Å². The van der Waals surface area contributed by atoms with Crippen molar-refractivity contribution in [1.82, 2.24) is 19.8 Å². The number of hydrogen-bond donors (Lipinski definition) is 3. The number of aromatic nitrogens is 4. The molecule has 0 aliphatic heterocycles. The molecule has 14 heteroatoms. The molecule has 2 aromatic heterocycles. The van der Waals surface area contributed by atoms with E-state index in [0.717, 1.165) is 46.4 Å². The van der Waals surface area contributed by atoms with Crippen molar-refractivity contribution in [3.05, 3.63) is 81.5 Å². The largest absolute Gasteiger partial charge is 0.490 e. The summed E-state index contributed by atoms with van der Waals surface area (Å²) in [6.07, 6.45) is 6.95. The fourth-order valence-corrected chi connectivity index (χ4v) is 7.92. The van der Waals surface area contributed by atoms with Gasteiger partial charge in [0.1, 0.15) is 10.8 Å². The Kier molecular flexibility index (Phi) is 12.9. The van der Waals surface area contributed by atoms with Gasteiger partial charge in [0.25, 0.3) is 0 Å². The Bertz CT molecular complexity index is 2070. The van der Waals surface area contributed by atoms with Gasteiger partial charge in [-0.1, -0.05) is 89.6 Å². The molecule has 52 heavy (non-hydrogen) atoms. The fraction of sp³-hybridized carbons (Fsp3) is 0.421. The zero-order chi connectivity index (χ0) is 37.6. The highest BCUT2D eigenvalue weighted by Crippen LogP contribution is 2.37. The lowest BCUT2D eigenvalue weighted by Gasteiger charge is -2.18. The predicted molar refractivity (Wildman–Crippen MR) is 212 cm³/mol. The minimum absolute atomic E-state index is 0.228. The molecular weight excluding hydrogens is 720 g/mol. The third-order valence-corrected chi connectivity index (χ3v) is 10.5. The fourth-order valence-electron chi connectivity index (χ4n) is 6.02. The average Bonchev–Trinajstić information content (AvgIpc) is 3.63. The van der Waals surface area contributed by atoms with Crippen LogP contribution in [0.2, 0.25) is 5.02 Å². The maximum absolute atomic E-state index is 13.4. The van der Waals surface area contributed by atoms with Crippen molar-refractivity contribution in [2.45, 2.75) is 99.3 Å². The van der Waals surface area contributed by atoms with Crippen LogP contribution < -0.4 is 22.5 Å². The Labute approximate surface area is 316 Å². The molecule has 3 aromatic carbocycles. The first-order valence-electron chi connectivity index (χ1n) is 17.6. The number of rotatable bonds is 17. The first-order valence-corrected chi connectivity index (χ1v) is 20.1. The van der Waals surface area contributed by atoms with Crippen LogP contribution in [0.3, 0.4) is 0 Å². The number of ether oxygens (including phenoxy) is 1. The lowest BCUT2D eigenvalue weighted by molar-refractivity contribution is 0.296. The van der Waals surface area contributed by atoms with Gasteiger partial charge in [-0.15, -0.1) is 10.2 Å². The van der Waals surface area contributed by atoms with Gasteiger partial charge in [0.05, 0.1) is 23.7 Å². The number of anilines is 2. The topological polar surface area (TPSA) is 132 Å². The van der Waals surface area contributed by atoms with E-state index in [9.17, 15) is 8.42 Å². The van der Waals surface area contributed by atoms with Crippen LogP contribution in [0, 0.1) is 27.7 Å². The van der Waals surface area contributed by atoms with E-state index in [0.29, 0.717) is 51.7 Å². The third kappa shape index (κ3) is 9.47. The van der Waals surface area contributed by atoms with Gasteiger partial charge in [-0.05, 0) is 80.6 Å². The van der Waals surface area contributed by atoms with Crippen molar-refractivity contribution in [3.63, 3.8) is 0 Å².